The van der Waals surface area contributed by atoms with E-state index in [0.29, 0.717) is 12.1 Å². The van der Waals surface area contributed by atoms with E-state index in [1.807, 2.05) is 24.3 Å². The van der Waals surface area contributed by atoms with Gasteiger partial charge in [0.1, 0.15) is 6.04 Å². The first-order valence-corrected chi connectivity index (χ1v) is 8.99. The van der Waals surface area contributed by atoms with E-state index in [0.717, 1.165) is 16.7 Å². The maximum absolute atomic E-state index is 12.1. The number of hydrogen-bond acceptors (Lipinski definition) is 5. The highest BCUT2D eigenvalue weighted by molar-refractivity contribution is 5.96. The Labute approximate surface area is 169 Å². The molecule has 0 saturated carbocycles. The Kier molecular flexibility index (Phi) is 7.95. The van der Waals surface area contributed by atoms with Gasteiger partial charge in [0.25, 0.3) is 5.91 Å². The molecule has 0 heterocycles. The van der Waals surface area contributed by atoms with Gasteiger partial charge in [-0.3, -0.25) is 9.59 Å². The van der Waals surface area contributed by atoms with Gasteiger partial charge in [0.2, 0.25) is 5.91 Å². The van der Waals surface area contributed by atoms with Crippen LogP contribution in [0.4, 0.5) is 0 Å². The molecule has 2 amide bonds. The summed E-state index contributed by atoms with van der Waals surface area (Å²) in [5, 5.41) is 5.27. The average molecular weight is 393 g/mol. The summed E-state index contributed by atoms with van der Waals surface area (Å²) in [6.45, 7) is 1.94. The third kappa shape index (κ3) is 6.79. The largest absolute Gasteiger partial charge is 0.467 e. The second-order valence-corrected chi connectivity index (χ2v) is 6.22. The van der Waals surface area contributed by atoms with Gasteiger partial charge in [0.05, 0.1) is 13.7 Å². The fraction of sp³-hybridized carbons (Fsp3) is 0.227. The number of esters is 1. The van der Waals surface area contributed by atoms with Crippen molar-refractivity contribution in [2.24, 2.45) is 5.73 Å². The molecule has 2 aromatic rings. The predicted molar refractivity (Wildman–Crippen MR) is 109 cm³/mol. The lowest BCUT2D eigenvalue weighted by molar-refractivity contribution is -0.142. The van der Waals surface area contributed by atoms with Crippen LogP contribution in [0.15, 0.2) is 48.5 Å². The summed E-state index contributed by atoms with van der Waals surface area (Å²) in [7, 11) is 1.27. The third-order valence-corrected chi connectivity index (χ3v) is 4.03. The maximum Gasteiger partial charge on any atom is 0.328 e. The van der Waals surface area contributed by atoms with E-state index in [4.69, 9.17) is 5.73 Å². The minimum atomic E-state index is -0.724. The first-order valence-electron chi connectivity index (χ1n) is 8.99. The Morgan fingerprint density at radius 1 is 1.00 bits per heavy atom. The van der Waals surface area contributed by atoms with E-state index in [-0.39, 0.29) is 18.4 Å². The van der Waals surface area contributed by atoms with Gasteiger partial charge in [-0.1, -0.05) is 24.0 Å². The summed E-state index contributed by atoms with van der Waals surface area (Å²) in [4.78, 5) is 34.7. The molecule has 2 aromatic carbocycles. The summed E-state index contributed by atoms with van der Waals surface area (Å²) >= 11 is 0. The summed E-state index contributed by atoms with van der Waals surface area (Å²) in [6.07, 6.45) is 0. The highest BCUT2D eigenvalue weighted by Crippen LogP contribution is 2.06. The van der Waals surface area contributed by atoms with Crippen LogP contribution in [0.3, 0.4) is 0 Å². The number of amides is 2. The van der Waals surface area contributed by atoms with E-state index in [2.05, 4.69) is 27.2 Å². The van der Waals surface area contributed by atoms with Crippen LogP contribution in [0.2, 0.25) is 0 Å². The van der Waals surface area contributed by atoms with E-state index >= 15 is 0 Å². The van der Waals surface area contributed by atoms with Gasteiger partial charge >= 0.3 is 5.97 Å². The zero-order valence-electron chi connectivity index (χ0n) is 16.3. The molecule has 0 aromatic heterocycles. The second kappa shape index (κ2) is 10.6. The van der Waals surface area contributed by atoms with Crippen LogP contribution in [0, 0.1) is 11.8 Å². The lowest BCUT2D eigenvalue weighted by atomic mass is 10.1. The number of carbonyl (C=O) groups is 3. The normalized spacial score (nSPS) is 10.9. The molecule has 1 atom stereocenters. The molecule has 7 heteroatoms. The van der Waals surface area contributed by atoms with Crippen molar-refractivity contribution in [3.63, 3.8) is 0 Å². The molecule has 2 rings (SSSR count). The molecular weight excluding hydrogens is 370 g/mol. The van der Waals surface area contributed by atoms with E-state index in [1.54, 1.807) is 31.2 Å². The first-order chi connectivity index (χ1) is 13.9. The topological polar surface area (TPSA) is 111 Å². The molecule has 150 valence electrons. The second-order valence-electron chi connectivity index (χ2n) is 6.22. The van der Waals surface area contributed by atoms with Crippen molar-refractivity contribution in [3.8, 4) is 11.8 Å². The molecule has 0 aliphatic heterocycles. The van der Waals surface area contributed by atoms with Gasteiger partial charge in [-0.15, -0.1) is 0 Å². The van der Waals surface area contributed by atoms with E-state index in [1.165, 1.54) is 7.11 Å². The zero-order chi connectivity index (χ0) is 21.2. The van der Waals surface area contributed by atoms with Crippen molar-refractivity contribution in [2.45, 2.75) is 19.5 Å². The summed E-state index contributed by atoms with van der Waals surface area (Å²) in [6, 6.07) is 13.5. The Balaban J connectivity index is 1.96. The van der Waals surface area contributed by atoms with Gasteiger partial charge < -0.3 is 21.1 Å². The maximum atomic E-state index is 12.1. The minimum absolute atomic E-state index is 0.0334. The Morgan fingerprint density at radius 3 is 2.07 bits per heavy atom. The van der Waals surface area contributed by atoms with Crippen LogP contribution < -0.4 is 16.4 Å². The molecule has 0 aliphatic carbocycles. The van der Waals surface area contributed by atoms with Crippen LogP contribution in [-0.4, -0.2) is 37.5 Å². The van der Waals surface area contributed by atoms with Crippen molar-refractivity contribution in [1.29, 1.82) is 0 Å². The van der Waals surface area contributed by atoms with Gasteiger partial charge in [-0.25, -0.2) is 4.79 Å². The van der Waals surface area contributed by atoms with Crippen molar-refractivity contribution in [3.05, 3.63) is 70.8 Å². The molecule has 7 nitrogen and oxygen atoms in total. The molecule has 0 unspecified atom stereocenters. The number of nitrogens with two attached hydrogens (primary N) is 1. The molecule has 4 N–H and O–H groups in total. The highest BCUT2D eigenvalue weighted by Gasteiger charge is 2.16. The molecule has 0 fully saturated rings. The van der Waals surface area contributed by atoms with Crippen LogP contribution in [-0.2, 0) is 20.9 Å². The SMILES string of the molecule is COC(=O)[C@H](C)NC(=O)c1ccc(C#Cc2ccc(CNC(=O)CN)cc2)cc1. The number of nitrogens with one attached hydrogen (secondary N) is 2. The van der Waals surface area contributed by atoms with Crippen LogP contribution in [0.1, 0.15) is 34.0 Å². The predicted octanol–water partition coefficient (Wildman–Crippen LogP) is 0.953. The number of hydrogen-bond donors (Lipinski definition) is 3. The molecular formula is C22H23N3O4. The molecule has 0 radical (unpaired) electrons. The lowest BCUT2D eigenvalue weighted by Gasteiger charge is -2.11. The monoisotopic (exact) mass is 393 g/mol. The van der Waals surface area contributed by atoms with Gasteiger partial charge in [-0.05, 0) is 48.9 Å². The number of ether oxygens (including phenoxy) is 1. The molecule has 0 aliphatic rings. The Morgan fingerprint density at radius 2 is 1.55 bits per heavy atom. The summed E-state index contributed by atoms with van der Waals surface area (Å²) < 4.78 is 4.58. The van der Waals surface area contributed by atoms with E-state index in [9.17, 15) is 14.4 Å². The van der Waals surface area contributed by atoms with Crippen LogP contribution >= 0.6 is 0 Å². The molecule has 0 spiro atoms. The Bertz CT molecular complexity index is 925. The smallest absolute Gasteiger partial charge is 0.328 e. The summed E-state index contributed by atoms with van der Waals surface area (Å²) in [5.41, 5.74) is 8.21. The third-order valence-electron chi connectivity index (χ3n) is 4.03. The van der Waals surface area contributed by atoms with Crippen LogP contribution in [0.25, 0.3) is 0 Å². The van der Waals surface area contributed by atoms with Crippen molar-refractivity contribution in [2.75, 3.05) is 13.7 Å². The van der Waals surface area contributed by atoms with E-state index < -0.39 is 12.0 Å². The highest BCUT2D eigenvalue weighted by atomic mass is 16.5. The quantitative estimate of drug-likeness (QED) is 0.500. The van der Waals surface area contributed by atoms with Crippen molar-refractivity contribution >= 4 is 17.8 Å². The first kappa shape index (κ1) is 21.7. The van der Waals surface area contributed by atoms with Crippen molar-refractivity contribution in [1.82, 2.24) is 10.6 Å². The standard InChI is InChI=1S/C22H23N3O4/c1-15(22(28)29-2)25-21(27)19-11-9-17(10-12-19)4-3-16-5-7-18(8-6-16)14-24-20(26)13-23/h5-12,15H,13-14,23H2,1-2H3,(H,24,26)(H,25,27)/t15-/m0/s1. The molecule has 29 heavy (non-hydrogen) atoms. The van der Waals surface area contributed by atoms with Gasteiger partial charge in [-0.2, -0.15) is 0 Å². The summed E-state index contributed by atoms with van der Waals surface area (Å²) in [5.74, 6) is 5.01. The molecule has 0 saturated heterocycles. The number of methoxy groups -OCH3 is 1. The fourth-order valence-corrected chi connectivity index (χ4v) is 2.34. The van der Waals surface area contributed by atoms with Crippen molar-refractivity contribution < 1.29 is 19.1 Å². The lowest BCUT2D eigenvalue weighted by Crippen LogP contribution is -2.39. The minimum Gasteiger partial charge on any atom is -0.467 e. The zero-order valence-corrected chi connectivity index (χ0v) is 16.3. The molecule has 0 bridgehead atoms. The number of rotatable bonds is 6. The Hall–Kier alpha value is -3.63. The fourth-order valence-electron chi connectivity index (χ4n) is 2.34. The average Bonchev–Trinajstić information content (AvgIpc) is 2.76. The van der Waals surface area contributed by atoms with Gasteiger partial charge in [0, 0.05) is 23.2 Å². The number of carbonyl (C=O) groups excluding carboxylic acids is 3. The number of benzene rings is 2. The van der Waals surface area contributed by atoms with Gasteiger partial charge in [0.15, 0.2) is 0 Å². The van der Waals surface area contributed by atoms with Crippen LogP contribution in [0.5, 0.6) is 0 Å².